The van der Waals surface area contributed by atoms with E-state index >= 15 is 0 Å². The maximum absolute atomic E-state index is 9.42. The maximum atomic E-state index is 9.42. The summed E-state index contributed by atoms with van der Waals surface area (Å²) in [6, 6.07) is 16.9. The van der Waals surface area contributed by atoms with E-state index in [4.69, 9.17) is 0 Å². The number of nitrogens with zero attached hydrogens (tertiary/aromatic N) is 1. The summed E-state index contributed by atoms with van der Waals surface area (Å²) < 4.78 is 5.15. The summed E-state index contributed by atoms with van der Waals surface area (Å²) in [5.41, 5.74) is 2.51. The minimum absolute atomic E-state index is 1.25. The van der Waals surface area contributed by atoms with Crippen LogP contribution in [0.15, 0.2) is 48.5 Å². The third-order valence-corrected chi connectivity index (χ3v) is 12.1. The summed E-state index contributed by atoms with van der Waals surface area (Å²) in [7, 11) is 0. The second-order valence-electron chi connectivity index (χ2n) is 4.38. The van der Waals surface area contributed by atoms with E-state index in [9.17, 15) is 5.26 Å². The Hall–Kier alpha value is -1.15. The van der Waals surface area contributed by atoms with Crippen LogP contribution in [-0.4, -0.2) is 22.7 Å². The molecule has 0 radical (unpaired) electrons. The van der Waals surface area contributed by atoms with Gasteiger partial charge in [0.25, 0.3) is 0 Å². The number of hydrogen-bond donors (Lipinski definition) is 0. The van der Waals surface area contributed by atoms with Crippen molar-refractivity contribution < 1.29 is 0 Å². The summed E-state index contributed by atoms with van der Waals surface area (Å²) in [6.07, 6.45) is 0. The fourth-order valence-corrected chi connectivity index (χ4v) is 9.00. The van der Waals surface area contributed by atoms with E-state index in [0.29, 0.717) is 0 Å². The molecule has 0 spiro atoms. The first-order valence-corrected chi connectivity index (χ1v) is 12.5. The van der Waals surface area contributed by atoms with Gasteiger partial charge in [-0.15, -0.1) is 0 Å². The number of nitriles is 1. The summed E-state index contributed by atoms with van der Waals surface area (Å²) in [4.78, 5) is 0. The average Bonchev–Trinajstić information content (AvgIpc) is 2.35. The fraction of sp³-hybridized carbons (Fsp3) is 0.133. The van der Waals surface area contributed by atoms with E-state index in [0.717, 1.165) is 0 Å². The molecule has 0 aliphatic rings. The third-order valence-electron chi connectivity index (χ3n) is 2.95. The Kier molecular flexibility index (Phi) is 3.95. The van der Waals surface area contributed by atoms with Crippen LogP contribution >= 0.6 is 0 Å². The molecular weight excluding hydrogens is 399 g/mol. The molecule has 0 aromatic heterocycles. The van der Waals surface area contributed by atoms with E-state index in [1.807, 2.05) is 0 Å². The van der Waals surface area contributed by atoms with Crippen molar-refractivity contribution >= 4 is 28.9 Å². The Labute approximate surface area is 111 Å². The third kappa shape index (κ3) is 2.95. The molecule has 17 heavy (non-hydrogen) atoms. The van der Waals surface area contributed by atoms with Crippen molar-refractivity contribution in [1.82, 2.24) is 0 Å². The first kappa shape index (κ1) is 12.3. The first-order valence-electron chi connectivity index (χ1n) is 5.73. The molecule has 2 heteroatoms. The molecule has 0 unspecified atom stereocenters. The van der Waals surface area contributed by atoms with Crippen LogP contribution in [0.1, 0.15) is 11.1 Å². The molecule has 2 aromatic carbocycles. The molecule has 82 valence electrons. The van der Waals surface area contributed by atoms with Crippen molar-refractivity contribution in [1.29, 1.82) is 5.26 Å². The zero-order chi connectivity index (χ0) is 12.3. The SMILES string of the molecule is Cc1cc[c]([Tl]([C]#N)[c]2ccc(C)cc2)cc1. The van der Waals surface area contributed by atoms with Gasteiger partial charge in [0.05, 0.1) is 0 Å². The number of hydrogen-bond acceptors (Lipinski definition) is 1. The molecule has 0 N–H and O–H groups in total. The summed E-state index contributed by atoms with van der Waals surface area (Å²) in [5, 5.41) is 9.42. The van der Waals surface area contributed by atoms with Gasteiger partial charge in [-0.1, -0.05) is 0 Å². The standard InChI is InChI=1S/2C7H7.CN.Tl/c2*1-7-5-3-2-4-6-7;1-2;/h2*3-6H,1H3;;. The van der Waals surface area contributed by atoms with Crippen LogP contribution in [0.5, 0.6) is 0 Å². The van der Waals surface area contributed by atoms with Crippen LogP contribution < -0.4 is 6.25 Å². The fourth-order valence-electron chi connectivity index (χ4n) is 1.86. The van der Waals surface area contributed by atoms with Crippen LogP contribution in [0.2, 0.25) is 0 Å². The summed E-state index contributed by atoms with van der Waals surface area (Å²) in [5.74, 6) is 0. The molecular formula is C15H14NTl. The van der Waals surface area contributed by atoms with Gasteiger partial charge in [-0.2, -0.15) is 0 Å². The van der Waals surface area contributed by atoms with Crippen molar-refractivity contribution in [3.05, 3.63) is 59.7 Å². The normalized spacial score (nSPS) is 9.71. The Balaban J connectivity index is 2.37. The first-order chi connectivity index (χ1) is 8.20. The monoisotopic (exact) mass is 413 g/mol. The van der Waals surface area contributed by atoms with Crippen LogP contribution in [0.3, 0.4) is 0 Å². The van der Waals surface area contributed by atoms with E-state index in [1.54, 1.807) is 0 Å². The van der Waals surface area contributed by atoms with Gasteiger partial charge in [-0.3, -0.25) is 0 Å². The van der Waals surface area contributed by atoms with E-state index in [1.165, 1.54) is 17.4 Å². The molecule has 2 rings (SSSR count). The van der Waals surface area contributed by atoms with Gasteiger partial charge < -0.3 is 0 Å². The molecule has 0 saturated heterocycles. The molecule has 0 amide bonds. The predicted molar refractivity (Wildman–Crippen MR) is 73.0 cm³/mol. The zero-order valence-corrected chi connectivity index (χ0v) is 14.6. The van der Waals surface area contributed by atoms with Gasteiger partial charge in [0.15, 0.2) is 0 Å². The Morgan fingerprint density at radius 3 is 1.41 bits per heavy atom. The molecule has 1 nitrogen and oxygen atoms in total. The van der Waals surface area contributed by atoms with Crippen LogP contribution in [0.25, 0.3) is 0 Å². The number of aryl methyl sites for hydroxylation is 2. The van der Waals surface area contributed by atoms with Crippen molar-refractivity contribution in [2.75, 3.05) is 0 Å². The predicted octanol–water partition coefficient (Wildman–Crippen LogP) is 1.98. The number of benzene rings is 2. The average molecular weight is 413 g/mol. The molecule has 0 aliphatic carbocycles. The van der Waals surface area contributed by atoms with Crippen LogP contribution in [-0.2, 0) is 0 Å². The van der Waals surface area contributed by atoms with Gasteiger partial charge in [0.2, 0.25) is 0 Å². The number of rotatable bonds is 2. The molecule has 0 saturated carbocycles. The van der Waals surface area contributed by atoms with Gasteiger partial charge >= 0.3 is 111 Å². The van der Waals surface area contributed by atoms with Gasteiger partial charge in [0.1, 0.15) is 0 Å². The molecule has 0 atom stereocenters. The Morgan fingerprint density at radius 1 is 0.765 bits per heavy atom. The van der Waals surface area contributed by atoms with E-state index in [-0.39, 0.29) is 0 Å². The summed E-state index contributed by atoms with van der Waals surface area (Å²) >= 11 is -2.56. The van der Waals surface area contributed by atoms with Gasteiger partial charge in [-0.05, 0) is 0 Å². The van der Waals surface area contributed by atoms with Gasteiger partial charge in [0, 0.05) is 0 Å². The molecule has 0 bridgehead atoms. The quantitative estimate of drug-likeness (QED) is 0.692. The van der Waals surface area contributed by atoms with Gasteiger partial charge in [-0.25, -0.2) is 0 Å². The Morgan fingerprint density at radius 2 is 1.12 bits per heavy atom. The molecule has 0 fully saturated rings. The summed E-state index contributed by atoms with van der Waals surface area (Å²) in [6.45, 7) is 4.15. The van der Waals surface area contributed by atoms with Crippen LogP contribution in [0, 0.1) is 22.7 Å². The topological polar surface area (TPSA) is 23.8 Å². The molecule has 0 aliphatic heterocycles. The van der Waals surface area contributed by atoms with E-state index < -0.39 is 22.7 Å². The van der Waals surface area contributed by atoms with Crippen molar-refractivity contribution in [2.24, 2.45) is 0 Å². The van der Waals surface area contributed by atoms with Crippen molar-refractivity contribution in [2.45, 2.75) is 13.8 Å². The van der Waals surface area contributed by atoms with Crippen molar-refractivity contribution in [3.63, 3.8) is 0 Å². The van der Waals surface area contributed by atoms with Crippen molar-refractivity contribution in [3.8, 4) is 3.63 Å². The van der Waals surface area contributed by atoms with E-state index in [2.05, 4.69) is 66.0 Å². The Bertz CT molecular complexity index is 489. The second-order valence-corrected chi connectivity index (χ2v) is 13.9. The minimum atomic E-state index is -2.56. The van der Waals surface area contributed by atoms with Crippen LogP contribution in [0.4, 0.5) is 0 Å². The molecule has 0 heterocycles. The second kappa shape index (κ2) is 5.46. The zero-order valence-electron chi connectivity index (χ0n) is 10.1. The molecule has 2 aromatic rings.